The highest BCUT2D eigenvalue weighted by Gasteiger charge is 2.18. The third-order valence-corrected chi connectivity index (χ3v) is 5.32. The summed E-state index contributed by atoms with van der Waals surface area (Å²) in [6, 6.07) is 7.90. The molecule has 10 heteroatoms. The van der Waals surface area contributed by atoms with Gasteiger partial charge in [0.2, 0.25) is 10.0 Å². The fourth-order valence-electron chi connectivity index (χ4n) is 2.27. The first kappa shape index (κ1) is 21.3. The van der Waals surface area contributed by atoms with Crippen LogP contribution in [0, 0.1) is 12.7 Å². The van der Waals surface area contributed by atoms with E-state index in [2.05, 4.69) is 10.0 Å². The van der Waals surface area contributed by atoms with Gasteiger partial charge in [0, 0.05) is 11.8 Å². The molecule has 0 saturated heterocycles. The first-order valence-electron chi connectivity index (χ1n) is 8.02. The van der Waals surface area contributed by atoms with Gasteiger partial charge in [-0.1, -0.05) is 6.07 Å². The van der Waals surface area contributed by atoms with E-state index in [0.29, 0.717) is 5.56 Å². The summed E-state index contributed by atoms with van der Waals surface area (Å²) in [7, 11) is -1.07. The molecule has 0 bridgehead atoms. The molecule has 0 spiro atoms. The first-order chi connectivity index (χ1) is 13.2. The minimum absolute atomic E-state index is 0.00472. The molecule has 2 rings (SSSR count). The summed E-state index contributed by atoms with van der Waals surface area (Å²) in [5.41, 5.74) is 0.358. The van der Waals surface area contributed by atoms with E-state index in [-0.39, 0.29) is 21.9 Å². The van der Waals surface area contributed by atoms with Gasteiger partial charge in [0.25, 0.3) is 5.91 Å². The maximum absolute atomic E-state index is 13.8. The van der Waals surface area contributed by atoms with Crippen molar-refractivity contribution in [1.29, 1.82) is 0 Å². The molecule has 0 fully saturated rings. The summed E-state index contributed by atoms with van der Waals surface area (Å²) in [5.74, 6) is -2.33. The smallest absolute Gasteiger partial charge is 0.341 e. The van der Waals surface area contributed by atoms with Crippen molar-refractivity contribution < 1.29 is 31.9 Å². The van der Waals surface area contributed by atoms with Gasteiger partial charge in [0.05, 0.1) is 17.6 Å². The summed E-state index contributed by atoms with van der Waals surface area (Å²) in [4.78, 5) is 23.9. The minimum atomic E-state index is -3.70. The van der Waals surface area contributed by atoms with E-state index in [4.69, 9.17) is 9.47 Å². The van der Waals surface area contributed by atoms with Gasteiger partial charge in [-0.15, -0.1) is 0 Å². The molecule has 8 nitrogen and oxygen atoms in total. The van der Waals surface area contributed by atoms with E-state index >= 15 is 0 Å². The molecule has 150 valence electrons. The molecule has 0 aliphatic carbocycles. The molecule has 2 N–H and O–H groups in total. The number of amides is 1. The van der Waals surface area contributed by atoms with Crippen LogP contribution in [0.2, 0.25) is 0 Å². The fraction of sp³-hybridized carbons (Fsp3) is 0.222. The van der Waals surface area contributed by atoms with Crippen LogP contribution in [0.5, 0.6) is 5.75 Å². The number of anilines is 1. The van der Waals surface area contributed by atoms with Crippen molar-refractivity contribution in [1.82, 2.24) is 4.72 Å². The Morgan fingerprint density at radius 1 is 1.14 bits per heavy atom. The van der Waals surface area contributed by atoms with Crippen molar-refractivity contribution in [2.45, 2.75) is 11.8 Å². The maximum Gasteiger partial charge on any atom is 0.341 e. The number of carbonyl (C=O) groups is 2. The van der Waals surface area contributed by atoms with Crippen molar-refractivity contribution >= 4 is 27.6 Å². The number of aryl methyl sites for hydroxylation is 1. The van der Waals surface area contributed by atoms with Gasteiger partial charge in [0.1, 0.15) is 11.6 Å². The maximum atomic E-state index is 13.8. The van der Waals surface area contributed by atoms with E-state index in [1.54, 1.807) is 6.92 Å². The zero-order valence-corrected chi connectivity index (χ0v) is 16.2. The lowest BCUT2D eigenvalue weighted by Crippen LogP contribution is -2.22. The van der Waals surface area contributed by atoms with Crippen molar-refractivity contribution in [3.05, 3.63) is 53.3 Å². The van der Waals surface area contributed by atoms with Crippen LogP contribution in [0.15, 0.2) is 41.3 Å². The van der Waals surface area contributed by atoms with E-state index in [0.717, 1.165) is 6.07 Å². The zero-order chi connectivity index (χ0) is 20.9. The second-order valence-corrected chi connectivity index (χ2v) is 7.51. The first-order valence-corrected chi connectivity index (χ1v) is 9.51. The molecule has 0 unspecified atom stereocenters. The number of esters is 1. The van der Waals surface area contributed by atoms with E-state index in [9.17, 15) is 22.4 Å². The summed E-state index contributed by atoms with van der Waals surface area (Å²) in [6.45, 7) is 0.938. The van der Waals surface area contributed by atoms with E-state index in [1.807, 2.05) is 0 Å². The van der Waals surface area contributed by atoms with Crippen LogP contribution in [-0.2, 0) is 19.6 Å². The molecule has 1 amide bonds. The molecule has 0 saturated carbocycles. The standard InChI is InChI=1S/C18H19FN2O6S/c1-11-4-5-12(8-16(11)28(24,25)20-2)21-17(22)10-27-18(23)14-7-6-13(26-3)9-15(14)19/h4-9,20H,10H2,1-3H3,(H,21,22). The minimum Gasteiger partial charge on any atom is -0.497 e. The number of carbonyl (C=O) groups excluding carboxylic acids is 2. The number of rotatable bonds is 7. The van der Waals surface area contributed by atoms with Crippen molar-refractivity contribution in [2.75, 3.05) is 26.1 Å². The van der Waals surface area contributed by atoms with Crippen LogP contribution in [0.1, 0.15) is 15.9 Å². The summed E-state index contributed by atoms with van der Waals surface area (Å²) < 4.78 is 49.6. The molecule has 0 aromatic heterocycles. The number of sulfonamides is 1. The van der Waals surface area contributed by atoms with Crippen LogP contribution in [0.25, 0.3) is 0 Å². The van der Waals surface area contributed by atoms with Gasteiger partial charge in [0.15, 0.2) is 6.61 Å². The highest BCUT2D eigenvalue weighted by atomic mass is 32.2. The van der Waals surface area contributed by atoms with Crippen molar-refractivity contribution in [3.63, 3.8) is 0 Å². The molecule has 0 heterocycles. The average Bonchev–Trinajstić information content (AvgIpc) is 2.67. The molecule has 2 aromatic carbocycles. The lowest BCUT2D eigenvalue weighted by Gasteiger charge is -2.11. The van der Waals surface area contributed by atoms with Crippen LogP contribution < -0.4 is 14.8 Å². The summed E-state index contributed by atoms with van der Waals surface area (Å²) >= 11 is 0. The number of halogens is 1. The number of methoxy groups -OCH3 is 1. The zero-order valence-electron chi connectivity index (χ0n) is 15.4. The average molecular weight is 410 g/mol. The second kappa shape index (κ2) is 8.81. The number of nitrogens with one attached hydrogen (secondary N) is 2. The third kappa shape index (κ3) is 5.05. The molecular formula is C18H19FN2O6S. The van der Waals surface area contributed by atoms with Gasteiger partial charge < -0.3 is 14.8 Å². The SMILES string of the molecule is CNS(=O)(=O)c1cc(NC(=O)COC(=O)c2ccc(OC)cc2F)ccc1C. The van der Waals surface area contributed by atoms with Gasteiger partial charge >= 0.3 is 5.97 Å². The predicted octanol–water partition coefficient (Wildman–Crippen LogP) is 1.85. The van der Waals surface area contributed by atoms with Crippen LogP contribution in [0.3, 0.4) is 0 Å². The Hall–Kier alpha value is -2.98. The lowest BCUT2D eigenvalue weighted by molar-refractivity contribution is -0.119. The Morgan fingerprint density at radius 3 is 2.46 bits per heavy atom. The van der Waals surface area contributed by atoms with Gasteiger partial charge in [-0.25, -0.2) is 22.3 Å². The number of ether oxygens (including phenoxy) is 2. The van der Waals surface area contributed by atoms with Crippen LogP contribution in [0.4, 0.5) is 10.1 Å². The van der Waals surface area contributed by atoms with Crippen molar-refractivity contribution in [3.8, 4) is 5.75 Å². The third-order valence-electron chi connectivity index (χ3n) is 3.76. The summed E-state index contributed by atoms with van der Waals surface area (Å²) in [6.07, 6.45) is 0. The van der Waals surface area contributed by atoms with Crippen LogP contribution in [-0.4, -0.2) is 41.1 Å². The van der Waals surface area contributed by atoms with E-state index < -0.39 is 34.3 Å². The molecule has 0 atom stereocenters. The molecule has 2 aromatic rings. The Kier molecular flexibility index (Phi) is 6.71. The normalized spacial score (nSPS) is 11.0. The van der Waals surface area contributed by atoms with Gasteiger partial charge in [-0.3, -0.25) is 4.79 Å². The summed E-state index contributed by atoms with van der Waals surface area (Å²) in [5, 5.41) is 2.42. The molecule has 0 aliphatic heterocycles. The molecule has 0 aliphatic rings. The van der Waals surface area contributed by atoms with Crippen LogP contribution >= 0.6 is 0 Å². The lowest BCUT2D eigenvalue weighted by atomic mass is 10.2. The van der Waals surface area contributed by atoms with Crippen molar-refractivity contribution in [2.24, 2.45) is 0 Å². The quantitative estimate of drug-likeness (QED) is 0.674. The Balaban J connectivity index is 2.03. The number of hydrogen-bond acceptors (Lipinski definition) is 6. The number of benzene rings is 2. The number of hydrogen-bond donors (Lipinski definition) is 2. The molecule has 0 radical (unpaired) electrons. The Morgan fingerprint density at radius 2 is 1.86 bits per heavy atom. The molecule has 28 heavy (non-hydrogen) atoms. The monoisotopic (exact) mass is 410 g/mol. The highest BCUT2D eigenvalue weighted by Crippen LogP contribution is 2.20. The molecular weight excluding hydrogens is 391 g/mol. The van der Waals surface area contributed by atoms with E-state index in [1.165, 1.54) is 44.5 Å². The van der Waals surface area contributed by atoms with Gasteiger partial charge in [-0.05, 0) is 43.8 Å². The Labute approximate surface area is 161 Å². The largest absolute Gasteiger partial charge is 0.497 e. The van der Waals surface area contributed by atoms with Gasteiger partial charge in [-0.2, -0.15) is 0 Å². The predicted molar refractivity (Wildman–Crippen MR) is 99.3 cm³/mol. The topological polar surface area (TPSA) is 111 Å². The Bertz CT molecular complexity index is 1010. The highest BCUT2D eigenvalue weighted by molar-refractivity contribution is 7.89. The second-order valence-electron chi connectivity index (χ2n) is 5.66. The fourth-order valence-corrected chi connectivity index (χ4v) is 3.27.